The van der Waals surface area contributed by atoms with Crippen LogP contribution in [0.3, 0.4) is 0 Å². The smallest absolute Gasteiger partial charge is 0.198 e. The molecule has 18 heavy (non-hydrogen) atoms. The lowest BCUT2D eigenvalue weighted by molar-refractivity contribution is 0.405. The SMILES string of the molecule is Cc1cc(F)ccc1Oc1c(F)cc(N)cc1F. The first-order valence-corrected chi connectivity index (χ1v) is 5.16. The van der Waals surface area contributed by atoms with E-state index in [1.165, 1.54) is 12.1 Å². The molecule has 2 aromatic rings. The van der Waals surface area contributed by atoms with E-state index in [2.05, 4.69) is 0 Å². The quantitative estimate of drug-likeness (QED) is 0.826. The summed E-state index contributed by atoms with van der Waals surface area (Å²) >= 11 is 0. The number of anilines is 1. The van der Waals surface area contributed by atoms with Gasteiger partial charge in [-0.3, -0.25) is 0 Å². The van der Waals surface area contributed by atoms with Gasteiger partial charge in [-0.1, -0.05) is 0 Å². The zero-order chi connectivity index (χ0) is 13.3. The van der Waals surface area contributed by atoms with Gasteiger partial charge in [0.25, 0.3) is 0 Å². The van der Waals surface area contributed by atoms with Gasteiger partial charge in [0.2, 0.25) is 0 Å². The van der Waals surface area contributed by atoms with Crippen LogP contribution in [0.2, 0.25) is 0 Å². The van der Waals surface area contributed by atoms with E-state index in [0.717, 1.165) is 18.2 Å². The van der Waals surface area contributed by atoms with Crippen LogP contribution in [0.25, 0.3) is 0 Å². The number of benzene rings is 2. The number of halogens is 3. The van der Waals surface area contributed by atoms with Gasteiger partial charge in [0.1, 0.15) is 11.6 Å². The maximum absolute atomic E-state index is 13.5. The van der Waals surface area contributed by atoms with Gasteiger partial charge in [0.15, 0.2) is 17.4 Å². The van der Waals surface area contributed by atoms with E-state index < -0.39 is 23.2 Å². The lowest BCUT2D eigenvalue weighted by Crippen LogP contribution is -1.97. The Hall–Kier alpha value is -2.17. The number of hydrogen-bond acceptors (Lipinski definition) is 2. The van der Waals surface area contributed by atoms with Crippen LogP contribution in [0.1, 0.15) is 5.56 Å². The van der Waals surface area contributed by atoms with E-state index in [-0.39, 0.29) is 11.4 Å². The Morgan fingerprint density at radius 3 is 2.17 bits per heavy atom. The molecule has 0 heterocycles. The lowest BCUT2D eigenvalue weighted by Gasteiger charge is -2.10. The van der Waals surface area contributed by atoms with Gasteiger partial charge in [-0.05, 0) is 30.7 Å². The first-order valence-electron chi connectivity index (χ1n) is 5.16. The third-order valence-corrected chi connectivity index (χ3v) is 2.37. The normalized spacial score (nSPS) is 10.4. The first kappa shape index (κ1) is 12.3. The van der Waals surface area contributed by atoms with E-state index >= 15 is 0 Å². The van der Waals surface area contributed by atoms with Crippen molar-refractivity contribution in [2.45, 2.75) is 6.92 Å². The minimum atomic E-state index is -0.906. The third kappa shape index (κ3) is 2.40. The van der Waals surface area contributed by atoms with Crippen LogP contribution in [-0.4, -0.2) is 0 Å². The summed E-state index contributed by atoms with van der Waals surface area (Å²) in [6.45, 7) is 1.57. The highest BCUT2D eigenvalue weighted by Gasteiger charge is 2.14. The molecule has 0 aliphatic carbocycles. The van der Waals surface area contributed by atoms with Gasteiger partial charge in [0.05, 0.1) is 0 Å². The predicted molar refractivity (Wildman–Crippen MR) is 62.0 cm³/mol. The Kier molecular flexibility index (Phi) is 3.14. The van der Waals surface area contributed by atoms with Crippen molar-refractivity contribution in [3.05, 3.63) is 53.3 Å². The van der Waals surface area contributed by atoms with Crippen molar-refractivity contribution in [1.82, 2.24) is 0 Å². The Morgan fingerprint density at radius 2 is 1.61 bits per heavy atom. The Labute approximate surface area is 102 Å². The fourth-order valence-corrected chi connectivity index (χ4v) is 1.51. The van der Waals surface area contributed by atoms with E-state index in [1.54, 1.807) is 6.92 Å². The Balaban J connectivity index is 2.40. The van der Waals surface area contributed by atoms with E-state index in [0.29, 0.717) is 5.56 Å². The van der Waals surface area contributed by atoms with Gasteiger partial charge in [-0.2, -0.15) is 0 Å². The molecule has 2 N–H and O–H groups in total. The van der Waals surface area contributed by atoms with Crippen LogP contribution in [-0.2, 0) is 0 Å². The van der Waals surface area contributed by atoms with Gasteiger partial charge >= 0.3 is 0 Å². The number of nitrogens with two attached hydrogens (primary N) is 1. The first-order chi connectivity index (χ1) is 8.47. The zero-order valence-corrected chi connectivity index (χ0v) is 9.51. The molecule has 0 saturated heterocycles. The summed E-state index contributed by atoms with van der Waals surface area (Å²) in [4.78, 5) is 0. The molecule has 0 amide bonds. The number of nitrogen functional groups attached to an aromatic ring is 1. The molecule has 0 spiro atoms. The summed E-state index contributed by atoms with van der Waals surface area (Å²) in [5.41, 5.74) is 5.69. The zero-order valence-electron chi connectivity index (χ0n) is 9.51. The third-order valence-electron chi connectivity index (χ3n) is 2.37. The van der Waals surface area contributed by atoms with Crippen molar-refractivity contribution in [1.29, 1.82) is 0 Å². The van der Waals surface area contributed by atoms with Gasteiger partial charge in [-0.15, -0.1) is 0 Å². The fraction of sp³-hybridized carbons (Fsp3) is 0.0769. The molecule has 0 fully saturated rings. The van der Waals surface area contributed by atoms with Crippen molar-refractivity contribution in [3.8, 4) is 11.5 Å². The van der Waals surface area contributed by atoms with Gasteiger partial charge < -0.3 is 10.5 Å². The van der Waals surface area contributed by atoms with Crippen molar-refractivity contribution < 1.29 is 17.9 Å². The van der Waals surface area contributed by atoms with Crippen LogP contribution in [0.15, 0.2) is 30.3 Å². The summed E-state index contributed by atoms with van der Waals surface area (Å²) in [5, 5.41) is 0. The monoisotopic (exact) mass is 253 g/mol. The number of ether oxygens (including phenoxy) is 1. The summed E-state index contributed by atoms with van der Waals surface area (Å²) < 4.78 is 45.0. The second kappa shape index (κ2) is 4.60. The molecule has 0 atom stereocenters. The number of rotatable bonds is 2. The summed E-state index contributed by atoms with van der Waals surface area (Å²) in [6, 6.07) is 5.58. The number of aryl methyl sites for hydroxylation is 1. The molecular weight excluding hydrogens is 243 g/mol. The highest BCUT2D eigenvalue weighted by atomic mass is 19.1. The number of hydrogen-bond donors (Lipinski definition) is 1. The molecule has 0 radical (unpaired) electrons. The summed E-state index contributed by atoms with van der Waals surface area (Å²) in [6.07, 6.45) is 0. The van der Waals surface area contributed by atoms with Crippen molar-refractivity contribution in [2.75, 3.05) is 5.73 Å². The fourth-order valence-electron chi connectivity index (χ4n) is 1.51. The molecule has 0 saturated carbocycles. The van der Waals surface area contributed by atoms with Crippen LogP contribution in [0.4, 0.5) is 18.9 Å². The molecule has 2 nitrogen and oxygen atoms in total. The summed E-state index contributed by atoms with van der Waals surface area (Å²) in [5.74, 6) is -2.64. The molecular formula is C13H10F3NO. The summed E-state index contributed by atoms with van der Waals surface area (Å²) in [7, 11) is 0. The molecule has 2 rings (SSSR count). The topological polar surface area (TPSA) is 35.2 Å². The molecule has 94 valence electrons. The van der Waals surface area contributed by atoms with E-state index in [9.17, 15) is 13.2 Å². The minimum absolute atomic E-state index is 0.0341. The average Bonchev–Trinajstić information content (AvgIpc) is 2.25. The van der Waals surface area contributed by atoms with Gasteiger partial charge in [-0.25, -0.2) is 13.2 Å². The molecule has 0 bridgehead atoms. The molecule has 0 aromatic heterocycles. The van der Waals surface area contributed by atoms with Crippen molar-refractivity contribution in [3.63, 3.8) is 0 Å². The van der Waals surface area contributed by atoms with Crippen LogP contribution in [0.5, 0.6) is 11.5 Å². The van der Waals surface area contributed by atoms with Crippen LogP contribution in [0, 0.1) is 24.4 Å². The molecule has 0 aliphatic heterocycles. The molecule has 2 aromatic carbocycles. The van der Waals surface area contributed by atoms with E-state index in [1.807, 2.05) is 0 Å². The maximum Gasteiger partial charge on any atom is 0.198 e. The average molecular weight is 253 g/mol. The predicted octanol–water partition coefficient (Wildman–Crippen LogP) is 3.79. The highest BCUT2D eigenvalue weighted by molar-refractivity contribution is 5.46. The standard InChI is InChI=1S/C13H10F3NO/c1-7-4-8(14)2-3-12(7)18-13-10(15)5-9(17)6-11(13)16/h2-6H,17H2,1H3. The molecule has 0 unspecified atom stereocenters. The van der Waals surface area contributed by atoms with Crippen LogP contribution >= 0.6 is 0 Å². The largest absolute Gasteiger partial charge is 0.451 e. The Morgan fingerprint density at radius 1 is 1.00 bits per heavy atom. The maximum atomic E-state index is 13.5. The van der Waals surface area contributed by atoms with E-state index in [4.69, 9.17) is 10.5 Å². The molecule has 5 heteroatoms. The lowest BCUT2D eigenvalue weighted by atomic mass is 10.2. The Bertz CT molecular complexity index is 576. The van der Waals surface area contributed by atoms with Gasteiger partial charge in [0, 0.05) is 17.8 Å². The van der Waals surface area contributed by atoms with Crippen molar-refractivity contribution in [2.24, 2.45) is 0 Å². The highest BCUT2D eigenvalue weighted by Crippen LogP contribution is 2.31. The van der Waals surface area contributed by atoms with Crippen molar-refractivity contribution >= 4 is 5.69 Å². The second-order valence-electron chi connectivity index (χ2n) is 3.83. The minimum Gasteiger partial charge on any atom is -0.451 e. The van der Waals surface area contributed by atoms with Crippen LogP contribution < -0.4 is 10.5 Å². The molecule has 0 aliphatic rings. The second-order valence-corrected chi connectivity index (χ2v) is 3.83.